The zero-order chi connectivity index (χ0) is 22.7. The van der Waals surface area contributed by atoms with Gasteiger partial charge >= 0.3 is 0 Å². The number of carbonyl (C=O) groups is 1. The van der Waals surface area contributed by atoms with Crippen LogP contribution in [0.2, 0.25) is 0 Å². The number of unbranched alkanes of at least 4 members (excludes halogenated alkanes) is 17. The van der Waals surface area contributed by atoms with Crippen molar-refractivity contribution in [3.8, 4) is 0 Å². The molecule has 0 saturated carbocycles. The van der Waals surface area contributed by atoms with Gasteiger partial charge in [0.05, 0.1) is 0 Å². The predicted molar refractivity (Wildman–Crippen MR) is 141 cm³/mol. The third kappa shape index (κ3) is 27.1. The third-order valence-corrected chi connectivity index (χ3v) is 6.22. The summed E-state index contributed by atoms with van der Waals surface area (Å²) in [5, 5.41) is 0. The minimum Gasteiger partial charge on any atom is -0.300 e. The predicted octanol–water partition coefficient (Wildman–Crippen LogP) is 10.7. The monoisotopic (exact) mass is 432 g/mol. The molecule has 0 radical (unpaired) electrons. The molecule has 0 atom stereocenters. The Morgan fingerprint density at radius 1 is 0.452 bits per heavy atom. The minimum atomic E-state index is 0.506. The lowest BCUT2D eigenvalue weighted by Crippen LogP contribution is -1.97. The van der Waals surface area contributed by atoms with Gasteiger partial charge in [-0.1, -0.05) is 128 Å². The summed E-state index contributed by atoms with van der Waals surface area (Å²) in [6, 6.07) is 0. The van der Waals surface area contributed by atoms with Gasteiger partial charge < -0.3 is 0 Å². The van der Waals surface area contributed by atoms with Gasteiger partial charge in [-0.25, -0.2) is 0 Å². The number of carbonyl (C=O) groups excluding carboxylic acids is 1. The smallest absolute Gasteiger partial charge is 0.132 e. The van der Waals surface area contributed by atoms with Crippen molar-refractivity contribution in [2.24, 2.45) is 0 Å². The van der Waals surface area contributed by atoms with E-state index in [4.69, 9.17) is 0 Å². The Balaban J connectivity index is 3.23. The molecule has 0 aromatic heterocycles. The van der Waals surface area contributed by atoms with Crippen LogP contribution in [0.15, 0.2) is 24.3 Å². The first-order chi connectivity index (χ1) is 15.3. The van der Waals surface area contributed by atoms with E-state index in [0.29, 0.717) is 5.78 Å². The second kappa shape index (κ2) is 27.2. The molecule has 0 aliphatic carbocycles. The number of hydrogen-bond acceptors (Lipinski definition) is 1. The number of rotatable bonds is 25. The quantitative estimate of drug-likeness (QED) is 0.103. The first kappa shape index (κ1) is 30.1. The zero-order valence-corrected chi connectivity index (χ0v) is 21.5. The van der Waals surface area contributed by atoms with Crippen LogP contribution >= 0.6 is 0 Å². The van der Waals surface area contributed by atoms with Gasteiger partial charge in [0.25, 0.3) is 0 Å². The van der Waals surface area contributed by atoms with Gasteiger partial charge in [0, 0.05) is 12.8 Å². The van der Waals surface area contributed by atoms with E-state index in [2.05, 4.69) is 38.2 Å². The zero-order valence-electron chi connectivity index (χ0n) is 21.5. The van der Waals surface area contributed by atoms with Crippen LogP contribution in [0.5, 0.6) is 0 Å². The van der Waals surface area contributed by atoms with Crippen LogP contribution in [0.4, 0.5) is 0 Å². The fourth-order valence-corrected chi connectivity index (χ4v) is 4.07. The Bertz CT molecular complexity index is 407. The number of hydrogen-bond donors (Lipinski definition) is 0. The van der Waals surface area contributed by atoms with Gasteiger partial charge in [-0.2, -0.15) is 0 Å². The van der Waals surface area contributed by atoms with E-state index in [-0.39, 0.29) is 0 Å². The van der Waals surface area contributed by atoms with Crippen molar-refractivity contribution in [2.45, 2.75) is 162 Å². The minimum absolute atomic E-state index is 0.506. The lowest BCUT2D eigenvalue weighted by atomic mass is 10.0. The molecule has 0 bridgehead atoms. The van der Waals surface area contributed by atoms with Crippen molar-refractivity contribution in [3.63, 3.8) is 0 Å². The maximum Gasteiger partial charge on any atom is 0.132 e. The van der Waals surface area contributed by atoms with Crippen molar-refractivity contribution in [1.29, 1.82) is 0 Å². The number of ketones is 1. The van der Waals surface area contributed by atoms with E-state index >= 15 is 0 Å². The van der Waals surface area contributed by atoms with Gasteiger partial charge in [0.1, 0.15) is 5.78 Å². The average Bonchev–Trinajstić information content (AvgIpc) is 2.77. The lowest BCUT2D eigenvalue weighted by Gasteiger charge is -2.03. The average molecular weight is 433 g/mol. The first-order valence-electron chi connectivity index (χ1n) is 14.1. The van der Waals surface area contributed by atoms with Crippen LogP contribution in [0.25, 0.3) is 0 Å². The van der Waals surface area contributed by atoms with Crippen LogP contribution in [0.3, 0.4) is 0 Å². The van der Waals surface area contributed by atoms with Crippen LogP contribution < -0.4 is 0 Å². The molecule has 0 spiro atoms. The molecule has 182 valence electrons. The highest BCUT2D eigenvalue weighted by atomic mass is 16.1. The standard InChI is InChI=1S/C30H56O/c1-3-5-7-9-11-12-13-14-15-16-17-18-19-20-21-23-25-27-29-30(31)28-26-24-22-10-8-6-4-2/h12-13,15-16H,3-11,14,17-29H2,1-2H3/b13-12-,16-15-. The second-order valence-electron chi connectivity index (χ2n) is 9.45. The summed E-state index contributed by atoms with van der Waals surface area (Å²) in [5.74, 6) is 0.506. The SMILES string of the molecule is CCCCCC/C=C\C/C=C\CCCCCCCCCC(=O)CCCCCCCCC. The highest BCUT2D eigenvalue weighted by Gasteiger charge is 2.02. The summed E-state index contributed by atoms with van der Waals surface area (Å²) in [7, 11) is 0. The van der Waals surface area contributed by atoms with Crippen molar-refractivity contribution < 1.29 is 4.79 Å². The van der Waals surface area contributed by atoms with Crippen molar-refractivity contribution >= 4 is 5.78 Å². The molecule has 0 aromatic carbocycles. The maximum atomic E-state index is 11.9. The van der Waals surface area contributed by atoms with Crippen LogP contribution in [-0.2, 0) is 4.79 Å². The summed E-state index contributed by atoms with van der Waals surface area (Å²) >= 11 is 0. The van der Waals surface area contributed by atoms with Gasteiger partial charge in [-0.3, -0.25) is 4.79 Å². The molecule has 0 amide bonds. The molecule has 0 aliphatic heterocycles. The normalized spacial score (nSPS) is 11.8. The molecule has 31 heavy (non-hydrogen) atoms. The molecule has 1 nitrogen and oxygen atoms in total. The summed E-state index contributed by atoms with van der Waals surface area (Å²) in [5.41, 5.74) is 0. The molecule has 0 unspecified atom stereocenters. The molecule has 0 rings (SSSR count). The van der Waals surface area contributed by atoms with Crippen LogP contribution in [0.1, 0.15) is 162 Å². The molecule has 0 saturated heterocycles. The van der Waals surface area contributed by atoms with E-state index in [9.17, 15) is 4.79 Å². The van der Waals surface area contributed by atoms with Crippen molar-refractivity contribution in [1.82, 2.24) is 0 Å². The Morgan fingerprint density at radius 3 is 1.26 bits per heavy atom. The molecule has 0 fully saturated rings. The van der Waals surface area contributed by atoms with E-state index in [1.807, 2.05) is 0 Å². The molecule has 0 N–H and O–H groups in total. The first-order valence-corrected chi connectivity index (χ1v) is 14.1. The lowest BCUT2D eigenvalue weighted by molar-refractivity contribution is -0.119. The van der Waals surface area contributed by atoms with Crippen molar-refractivity contribution in [3.05, 3.63) is 24.3 Å². The van der Waals surface area contributed by atoms with Gasteiger partial charge in [-0.15, -0.1) is 0 Å². The van der Waals surface area contributed by atoms with E-state index < -0.39 is 0 Å². The molecule has 0 aromatic rings. The van der Waals surface area contributed by atoms with E-state index in [0.717, 1.165) is 32.1 Å². The molecular weight excluding hydrogens is 376 g/mol. The van der Waals surface area contributed by atoms with Gasteiger partial charge in [0.2, 0.25) is 0 Å². The maximum absolute atomic E-state index is 11.9. The largest absolute Gasteiger partial charge is 0.300 e. The van der Waals surface area contributed by atoms with Gasteiger partial charge in [0.15, 0.2) is 0 Å². The second-order valence-corrected chi connectivity index (χ2v) is 9.45. The van der Waals surface area contributed by atoms with Gasteiger partial charge in [-0.05, 0) is 44.9 Å². The molecule has 1 heteroatoms. The number of allylic oxidation sites excluding steroid dienone is 4. The Hall–Kier alpha value is -0.850. The Labute approximate surface area is 196 Å². The summed E-state index contributed by atoms with van der Waals surface area (Å²) < 4.78 is 0. The highest BCUT2D eigenvalue weighted by Crippen LogP contribution is 2.13. The molecular formula is C30H56O. The Kier molecular flexibility index (Phi) is 26.4. The van der Waals surface area contributed by atoms with E-state index in [1.54, 1.807) is 0 Å². The fourth-order valence-electron chi connectivity index (χ4n) is 4.07. The summed E-state index contributed by atoms with van der Waals surface area (Å²) in [4.78, 5) is 11.9. The highest BCUT2D eigenvalue weighted by molar-refractivity contribution is 5.78. The number of Topliss-reactive ketones (excluding diaryl/α,β-unsaturated/α-hetero) is 1. The van der Waals surface area contributed by atoms with E-state index in [1.165, 1.54) is 116 Å². The summed E-state index contributed by atoms with van der Waals surface area (Å²) in [6.45, 7) is 4.53. The molecule has 0 aliphatic rings. The molecule has 0 heterocycles. The van der Waals surface area contributed by atoms with Crippen molar-refractivity contribution in [2.75, 3.05) is 0 Å². The summed E-state index contributed by atoms with van der Waals surface area (Å²) in [6.07, 6.45) is 38.2. The topological polar surface area (TPSA) is 17.1 Å². The third-order valence-electron chi connectivity index (χ3n) is 6.22. The van der Waals surface area contributed by atoms with Crippen LogP contribution in [0, 0.1) is 0 Å². The Morgan fingerprint density at radius 2 is 0.806 bits per heavy atom. The fraction of sp³-hybridized carbons (Fsp3) is 0.833. The van der Waals surface area contributed by atoms with Crippen LogP contribution in [-0.4, -0.2) is 5.78 Å².